The summed E-state index contributed by atoms with van der Waals surface area (Å²) in [5.41, 5.74) is 2.34. The van der Waals surface area contributed by atoms with Crippen LogP contribution in [0.1, 0.15) is 47.2 Å². The number of nitrogens with zero attached hydrogens (tertiary/aromatic N) is 2. The highest BCUT2D eigenvalue weighted by atomic mass is 16.5. The Hall–Kier alpha value is -1.88. The third-order valence-corrected chi connectivity index (χ3v) is 4.17. The molecule has 5 heteroatoms. The van der Waals surface area contributed by atoms with Crippen LogP contribution in [0.4, 0.5) is 0 Å². The maximum Gasteiger partial charge on any atom is 0.358 e. The van der Waals surface area contributed by atoms with Gasteiger partial charge < -0.3 is 10.1 Å². The molecule has 0 saturated carbocycles. The zero-order chi connectivity index (χ0) is 14.8. The van der Waals surface area contributed by atoms with Gasteiger partial charge in [0.05, 0.1) is 12.6 Å². The lowest BCUT2D eigenvalue weighted by molar-refractivity contribution is 0.0596. The fourth-order valence-corrected chi connectivity index (χ4v) is 3.09. The Bertz CT molecular complexity index is 655. The van der Waals surface area contributed by atoms with Crippen molar-refractivity contribution in [2.45, 2.75) is 32.1 Å². The highest BCUT2D eigenvalue weighted by molar-refractivity contribution is 5.95. The second-order valence-corrected chi connectivity index (χ2v) is 5.59. The number of carbonyl (C=O) groups excluding carboxylic acids is 1. The van der Waals surface area contributed by atoms with Crippen molar-refractivity contribution in [2.75, 3.05) is 20.2 Å². The van der Waals surface area contributed by atoms with E-state index in [-0.39, 0.29) is 5.97 Å². The predicted molar refractivity (Wildman–Crippen MR) is 80.7 cm³/mol. The minimum absolute atomic E-state index is 0.333. The van der Waals surface area contributed by atoms with Crippen LogP contribution in [0.5, 0.6) is 0 Å². The SMILES string of the molecule is COC(=O)c1nc(C2CCCCNC2)n2c(C)cccc12. The molecule has 1 unspecified atom stereocenters. The van der Waals surface area contributed by atoms with E-state index in [4.69, 9.17) is 4.74 Å². The lowest BCUT2D eigenvalue weighted by Crippen LogP contribution is -2.21. The third kappa shape index (κ3) is 2.53. The molecule has 1 N–H and O–H groups in total. The van der Waals surface area contributed by atoms with E-state index in [0.717, 1.165) is 36.5 Å². The van der Waals surface area contributed by atoms with Gasteiger partial charge in [0.25, 0.3) is 0 Å². The van der Waals surface area contributed by atoms with E-state index in [1.54, 1.807) is 0 Å². The standard InChI is InChI=1S/C16H21N3O2/c1-11-6-5-8-13-14(16(20)21-2)18-15(19(11)13)12-7-3-4-9-17-10-12/h5-6,8,12,17H,3-4,7,9-10H2,1-2H3. The highest BCUT2D eigenvalue weighted by Crippen LogP contribution is 2.26. The average Bonchev–Trinajstić information content (AvgIpc) is 2.70. The van der Waals surface area contributed by atoms with Crippen molar-refractivity contribution < 1.29 is 9.53 Å². The third-order valence-electron chi connectivity index (χ3n) is 4.17. The van der Waals surface area contributed by atoms with E-state index < -0.39 is 0 Å². The molecule has 3 rings (SSSR count). The molecule has 1 atom stereocenters. The van der Waals surface area contributed by atoms with Gasteiger partial charge in [0, 0.05) is 18.2 Å². The molecule has 2 aromatic rings. The van der Waals surface area contributed by atoms with Crippen LogP contribution in [0, 0.1) is 6.92 Å². The number of pyridine rings is 1. The molecule has 1 aliphatic rings. The number of aromatic nitrogens is 2. The first kappa shape index (κ1) is 14.1. The van der Waals surface area contributed by atoms with Crippen LogP contribution < -0.4 is 5.32 Å². The van der Waals surface area contributed by atoms with Crippen molar-refractivity contribution in [3.05, 3.63) is 35.4 Å². The molecule has 1 aliphatic heterocycles. The Kier molecular flexibility index (Phi) is 3.92. The van der Waals surface area contributed by atoms with Crippen LogP contribution in [-0.4, -0.2) is 35.6 Å². The smallest absolute Gasteiger partial charge is 0.358 e. The molecule has 0 radical (unpaired) electrons. The summed E-state index contributed by atoms with van der Waals surface area (Å²) in [7, 11) is 1.40. The Morgan fingerprint density at radius 2 is 2.29 bits per heavy atom. The number of aryl methyl sites for hydroxylation is 1. The van der Waals surface area contributed by atoms with Crippen LogP contribution in [-0.2, 0) is 4.74 Å². The largest absolute Gasteiger partial charge is 0.464 e. The van der Waals surface area contributed by atoms with Gasteiger partial charge in [-0.25, -0.2) is 9.78 Å². The molecule has 0 bridgehead atoms. The first-order valence-corrected chi connectivity index (χ1v) is 7.49. The van der Waals surface area contributed by atoms with Crippen molar-refractivity contribution in [2.24, 2.45) is 0 Å². The quantitative estimate of drug-likeness (QED) is 0.861. The zero-order valence-corrected chi connectivity index (χ0v) is 12.6. The van der Waals surface area contributed by atoms with Gasteiger partial charge in [-0.15, -0.1) is 0 Å². The first-order chi connectivity index (χ1) is 10.2. The van der Waals surface area contributed by atoms with Gasteiger partial charge in [-0.1, -0.05) is 12.5 Å². The molecule has 0 aromatic carbocycles. The number of hydrogen-bond acceptors (Lipinski definition) is 4. The molecule has 1 saturated heterocycles. The van der Waals surface area contributed by atoms with Crippen molar-refractivity contribution in [3.63, 3.8) is 0 Å². The predicted octanol–water partition coefficient (Wildman–Crippen LogP) is 2.29. The van der Waals surface area contributed by atoms with Crippen LogP contribution in [0.25, 0.3) is 5.52 Å². The number of imidazole rings is 1. The van der Waals surface area contributed by atoms with Crippen LogP contribution in [0.3, 0.4) is 0 Å². The maximum absolute atomic E-state index is 12.0. The fraction of sp³-hybridized carbons (Fsp3) is 0.500. The summed E-state index contributed by atoms with van der Waals surface area (Å²) in [6.45, 7) is 4.01. The van der Waals surface area contributed by atoms with E-state index in [9.17, 15) is 4.79 Å². The van der Waals surface area contributed by atoms with E-state index in [1.165, 1.54) is 20.0 Å². The molecule has 1 fully saturated rings. The van der Waals surface area contributed by atoms with E-state index in [0.29, 0.717) is 11.6 Å². The topological polar surface area (TPSA) is 55.6 Å². The van der Waals surface area contributed by atoms with Crippen molar-refractivity contribution in [1.82, 2.24) is 14.7 Å². The van der Waals surface area contributed by atoms with E-state index in [2.05, 4.69) is 14.7 Å². The molecule has 2 aromatic heterocycles. The Morgan fingerprint density at radius 1 is 1.43 bits per heavy atom. The zero-order valence-electron chi connectivity index (χ0n) is 12.6. The second-order valence-electron chi connectivity index (χ2n) is 5.59. The summed E-state index contributed by atoms with van der Waals surface area (Å²) in [4.78, 5) is 16.6. The maximum atomic E-state index is 12.0. The van der Waals surface area contributed by atoms with Crippen molar-refractivity contribution >= 4 is 11.5 Å². The van der Waals surface area contributed by atoms with Gasteiger partial charge in [0.1, 0.15) is 5.82 Å². The summed E-state index contributed by atoms with van der Waals surface area (Å²) in [6, 6.07) is 5.93. The Morgan fingerprint density at radius 3 is 3.10 bits per heavy atom. The lowest BCUT2D eigenvalue weighted by Gasteiger charge is -2.14. The van der Waals surface area contributed by atoms with E-state index in [1.807, 2.05) is 25.1 Å². The molecular formula is C16H21N3O2. The van der Waals surface area contributed by atoms with Gasteiger partial charge in [-0.05, 0) is 38.4 Å². The molecule has 0 spiro atoms. The molecule has 0 amide bonds. The second kappa shape index (κ2) is 5.85. The highest BCUT2D eigenvalue weighted by Gasteiger charge is 2.24. The fourth-order valence-electron chi connectivity index (χ4n) is 3.09. The summed E-state index contributed by atoms with van der Waals surface area (Å²) >= 11 is 0. The minimum Gasteiger partial charge on any atom is -0.464 e. The lowest BCUT2D eigenvalue weighted by atomic mass is 10.0. The molecule has 3 heterocycles. The molecule has 5 nitrogen and oxygen atoms in total. The summed E-state index contributed by atoms with van der Waals surface area (Å²) < 4.78 is 6.98. The summed E-state index contributed by atoms with van der Waals surface area (Å²) in [5.74, 6) is 0.934. The van der Waals surface area contributed by atoms with Gasteiger partial charge in [0.15, 0.2) is 5.69 Å². The number of esters is 1. The normalized spacial score (nSPS) is 19.4. The monoisotopic (exact) mass is 287 g/mol. The van der Waals surface area contributed by atoms with Crippen molar-refractivity contribution in [1.29, 1.82) is 0 Å². The number of ether oxygens (including phenoxy) is 1. The van der Waals surface area contributed by atoms with Gasteiger partial charge in [-0.2, -0.15) is 0 Å². The van der Waals surface area contributed by atoms with Gasteiger partial charge >= 0.3 is 5.97 Å². The van der Waals surface area contributed by atoms with Crippen molar-refractivity contribution in [3.8, 4) is 0 Å². The number of methoxy groups -OCH3 is 1. The number of fused-ring (bicyclic) bond motifs is 1. The number of hydrogen-bond donors (Lipinski definition) is 1. The summed E-state index contributed by atoms with van der Waals surface area (Å²) in [6.07, 6.45) is 3.48. The van der Waals surface area contributed by atoms with Gasteiger partial charge in [0.2, 0.25) is 0 Å². The Balaban J connectivity index is 2.15. The van der Waals surface area contributed by atoms with Crippen LogP contribution in [0.15, 0.2) is 18.2 Å². The average molecular weight is 287 g/mol. The Labute approximate surface area is 124 Å². The first-order valence-electron chi connectivity index (χ1n) is 7.49. The molecule has 21 heavy (non-hydrogen) atoms. The number of rotatable bonds is 2. The van der Waals surface area contributed by atoms with E-state index >= 15 is 0 Å². The molecule has 112 valence electrons. The minimum atomic E-state index is -0.370. The molecule has 0 aliphatic carbocycles. The number of nitrogens with one attached hydrogen (secondary N) is 1. The summed E-state index contributed by atoms with van der Waals surface area (Å²) in [5, 5.41) is 3.46. The van der Waals surface area contributed by atoms with Crippen LogP contribution in [0.2, 0.25) is 0 Å². The molecular weight excluding hydrogens is 266 g/mol. The van der Waals surface area contributed by atoms with Crippen LogP contribution >= 0.6 is 0 Å². The number of carbonyl (C=O) groups is 1. The van der Waals surface area contributed by atoms with Gasteiger partial charge in [-0.3, -0.25) is 4.40 Å².